The third-order valence-corrected chi connectivity index (χ3v) is 3.31. The molecule has 3 nitrogen and oxygen atoms in total. The van der Waals surface area contributed by atoms with Crippen LogP contribution >= 0.6 is 0 Å². The van der Waals surface area contributed by atoms with Crippen molar-refractivity contribution >= 4 is 22.5 Å². The van der Waals surface area contributed by atoms with E-state index in [1.54, 1.807) is 31.3 Å². The number of rotatable bonds is 2. The van der Waals surface area contributed by atoms with Gasteiger partial charge in [-0.2, -0.15) is 0 Å². The van der Waals surface area contributed by atoms with Crippen LogP contribution in [0.15, 0.2) is 54.7 Å². The van der Waals surface area contributed by atoms with Crippen LogP contribution in [0.3, 0.4) is 0 Å². The van der Waals surface area contributed by atoms with Crippen molar-refractivity contribution in [3.63, 3.8) is 0 Å². The van der Waals surface area contributed by atoms with Crippen molar-refractivity contribution in [2.24, 2.45) is 0 Å². The van der Waals surface area contributed by atoms with Crippen LogP contribution in [0.5, 0.6) is 0 Å². The number of pyridine rings is 1. The fraction of sp³-hybridized carbons (Fsp3) is 0.0588. The molecule has 1 amide bonds. The highest BCUT2D eigenvalue weighted by molar-refractivity contribution is 6.08. The van der Waals surface area contributed by atoms with E-state index in [2.05, 4.69) is 10.3 Å². The van der Waals surface area contributed by atoms with Crippen LogP contribution in [0.2, 0.25) is 0 Å². The van der Waals surface area contributed by atoms with Crippen LogP contribution in [0, 0.1) is 12.7 Å². The summed E-state index contributed by atoms with van der Waals surface area (Å²) in [5, 5.41) is 3.72. The smallest absolute Gasteiger partial charge is 0.255 e. The summed E-state index contributed by atoms with van der Waals surface area (Å²) in [4.78, 5) is 16.5. The van der Waals surface area contributed by atoms with Crippen molar-refractivity contribution in [3.05, 3.63) is 71.7 Å². The Kier molecular flexibility index (Phi) is 3.36. The fourth-order valence-corrected chi connectivity index (χ4v) is 2.13. The summed E-state index contributed by atoms with van der Waals surface area (Å²) in [6, 6.07) is 13.7. The first-order chi connectivity index (χ1) is 10.1. The number of carbonyl (C=O) groups is 1. The third-order valence-electron chi connectivity index (χ3n) is 3.31. The third kappa shape index (κ3) is 2.60. The molecule has 0 radical (unpaired) electrons. The summed E-state index contributed by atoms with van der Waals surface area (Å²) >= 11 is 0. The molecule has 0 aliphatic heterocycles. The molecule has 0 aliphatic carbocycles. The molecule has 3 rings (SSSR count). The van der Waals surface area contributed by atoms with Crippen LogP contribution in [0.25, 0.3) is 10.9 Å². The van der Waals surface area contributed by atoms with Crippen LogP contribution in [-0.2, 0) is 0 Å². The lowest BCUT2D eigenvalue weighted by molar-refractivity contribution is 0.102. The van der Waals surface area contributed by atoms with Gasteiger partial charge in [0.1, 0.15) is 5.82 Å². The Morgan fingerprint density at radius 3 is 2.76 bits per heavy atom. The average molecular weight is 280 g/mol. The minimum Gasteiger partial charge on any atom is -0.320 e. The van der Waals surface area contributed by atoms with E-state index in [-0.39, 0.29) is 11.5 Å². The summed E-state index contributed by atoms with van der Waals surface area (Å²) in [5.74, 6) is -0.745. The molecule has 0 spiro atoms. The number of nitrogens with zero attached hydrogens (tertiary/aromatic N) is 1. The molecule has 0 unspecified atom stereocenters. The number of aromatic nitrogens is 1. The first-order valence-electron chi connectivity index (χ1n) is 6.56. The molecule has 1 aromatic heterocycles. The van der Waals surface area contributed by atoms with Crippen LogP contribution < -0.4 is 5.32 Å². The largest absolute Gasteiger partial charge is 0.320 e. The van der Waals surface area contributed by atoms with Gasteiger partial charge in [0, 0.05) is 17.1 Å². The number of fused-ring (bicyclic) bond motifs is 1. The second-order valence-corrected chi connectivity index (χ2v) is 4.80. The number of aryl methyl sites for hydroxylation is 1. The summed E-state index contributed by atoms with van der Waals surface area (Å²) in [5.41, 5.74) is 2.12. The molecule has 0 bridgehead atoms. The minimum atomic E-state index is -0.390. The highest BCUT2D eigenvalue weighted by Crippen LogP contribution is 2.21. The molecular formula is C17H13FN2O. The molecule has 1 heterocycles. The zero-order chi connectivity index (χ0) is 14.8. The van der Waals surface area contributed by atoms with E-state index in [0.717, 1.165) is 5.39 Å². The van der Waals surface area contributed by atoms with Gasteiger partial charge in [-0.1, -0.05) is 24.3 Å². The number of hydrogen-bond donors (Lipinski definition) is 1. The predicted molar refractivity (Wildman–Crippen MR) is 80.8 cm³/mol. The molecule has 0 saturated heterocycles. The van der Waals surface area contributed by atoms with E-state index in [4.69, 9.17) is 0 Å². The van der Waals surface area contributed by atoms with Gasteiger partial charge in [0.2, 0.25) is 0 Å². The van der Waals surface area contributed by atoms with Gasteiger partial charge < -0.3 is 5.32 Å². The molecule has 2 aromatic carbocycles. The Balaban J connectivity index is 1.94. The molecule has 104 valence electrons. The van der Waals surface area contributed by atoms with Crippen molar-refractivity contribution in [2.75, 3.05) is 5.32 Å². The Morgan fingerprint density at radius 2 is 1.95 bits per heavy atom. The number of hydrogen-bond acceptors (Lipinski definition) is 2. The molecule has 0 aliphatic rings. The molecule has 4 heteroatoms. The van der Waals surface area contributed by atoms with E-state index in [0.29, 0.717) is 16.8 Å². The molecule has 21 heavy (non-hydrogen) atoms. The van der Waals surface area contributed by atoms with Gasteiger partial charge in [-0.3, -0.25) is 9.78 Å². The number of anilines is 1. The van der Waals surface area contributed by atoms with E-state index in [1.807, 2.05) is 24.3 Å². The molecule has 1 N–H and O–H groups in total. The maximum atomic E-state index is 13.5. The molecule has 0 saturated carbocycles. The van der Waals surface area contributed by atoms with Crippen molar-refractivity contribution in [2.45, 2.75) is 6.92 Å². The van der Waals surface area contributed by atoms with Crippen LogP contribution in [0.4, 0.5) is 10.1 Å². The standard InChI is InChI=1S/C17H13FN2O/c1-11-7-8-13(10-14(11)18)17(21)20-15-6-2-4-12-5-3-9-19-16(12)15/h2-10H,1H3,(H,20,21). The first-order valence-corrected chi connectivity index (χ1v) is 6.56. The summed E-state index contributed by atoms with van der Waals surface area (Å²) in [6.45, 7) is 1.66. The summed E-state index contributed by atoms with van der Waals surface area (Å²) < 4.78 is 13.5. The van der Waals surface area contributed by atoms with E-state index in [1.165, 1.54) is 6.07 Å². The normalized spacial score (nSPS) is 10.6. The minimum absolute atomic E-state index is 0.283. The van der Waals surface area contributed by atoms with Crippen molar-refractivity contribution in [1.82, 2.24) is 4.98 Å². The number of para-hydroxylation sites is 1. The molecule has 0 atom stereocenters. The SMILES string of the molecule is Cc1ccc(C(=O)Nc2cccc3cccnc23)cc1F. The van der Waals surface area contributed by atoms with Gasteiger partial charge in [0.25, 0.3) is 5.91 Å². The summed E-state index contributed by atoms with van der Waals surface area (Å²) in [7, 11) is 0. The van der Waals surface area contributed by atoms with Crippen molar-refractivity contribution in [1.29, 1.82) is 0 Å². The van der Waals surface area contributed by atoms with Crippen LogP contribution in [0.1, 0.15) is 15.9 Å². The fourth-order valence-electron chi connectivity index (χ4n) is 2.13. The number of halogens is 1. The topological polar surface area (TPSA) is 42.0 Å². The Labute approximate surface area is 121 Å². The Morgan fingerprint density at radius 1 is 1.14 bits per heavy atom. The average Bonchev–Trinajstić information content (AvgIpc) is 2.50. The van der Waals surface area contributed by atoms with Gasteiger partial charge >= 0.3 is 0 Å². The lowest BCUT2D eigenvalue weighted by atomic mass is 10.1. The zero-order valence-corrected chi connectivity index (χ0v) is 11.4. The highest BCUT2D eigenvalue weighted by Gasteiger charge is 2.10. The van der Waals surface area contributed by atoms with Crippen LogP contribution in [-0.4, -0.2) is 10.9 Å². The monoisotopic (exact) mass is 280 g/mol. The van der Waals surface area contributed by atoms with Gasteiger partial charge in [0.05, 0.1) is 11.2 Å². The van der Waals surface area contributed by atoms with E-state index < -0.39 is 5.82 Å². The lowest BCUT2D eigenvalue weighted by Gasteiger charge is -2.08. The lowest BCUT2D eigenvalue weighted by Crippen LogP contribution is -2.12. The quantitative estimate of drug-likeness (QED) is 0.772. The number of amides is 1. The van der Waals surface area contributed by atoms with Gasteiger partial charge in [-0.25, -0.2) is 4.39 Å². The second kappa shape index (κ2) is 5.32. The Bertz CT molecular complexity index is 825. The summed E-state index contributed by atoms with van der Waals surface area (Å²) in [6.07, 6.45) is 1.67. The maximum absolute atomic E-state index is 13.5. The van der Waals surface area contributed by atoms with Crippen molar-refractivity contribution in [3.8, 4) is 0 Å². The molecule has 3 aromatic rings. The number of carbonyl (C=O) groups excluding carboxylic acids is 1. The molecule has 0 fully saturated rings. The number of benzene rings is 2. The van der Waals surface area contributed by atoms with Gasteiger partial charge in [-0.15, -0.1) is 0 Å². The van der Waals surface area contributed by atoms with E-state index in [9.17, 15) is 9.18 Å². The maximum Gasteiger partial charge on any atom is 0.255 e. The van der Waals surface area contributed by atoms with Crippen molar-refractivity contribution < 1.29 is 9.18 Å². The van der Waals surface area contributed by atoms with Gasteiger partial charge in [-0.05, 0) is 36.8 Å². The van der Waals surface area contributed by atoms with Gasteiger partial charge in [0.15, 0.2) is 0 Å². The zero-order valence-electron chi connectivity index (χ0n) is 11.4. The highest BCUT2D eigenvalue weighted by atomic mass is 19.1. The Hall–Kier alpha value is -2.75. The predicted octanol–water partition coefficient (Wildman–Crippen LogP) is 3.93. The molecular weight excluding hydrogens is 267 g/mol. The van der Waals surface area contributed by atoms with E-state index >= 15 is 0 Å². The first kappa shape index (κ1) is 13.2. The number of nitrogens with one attached hydrogen (secondary N) is 1. The second-order valence-electron chi connectivity index (χ2n) is 4.80.